The van der Waals surface area contributed by atoms with Crippen molar-refractivity contribution in [2.24, 2.45) is 0 Å². The highest BCUT2D eigenvalue weighted by atomic mass is 79.9. The molecular formula is C5H5BrN4O. The van der Waals surface area contributed by atoms with Crippen molar-refractivity contribution in [3.63, 3.8) is 0 Å². The maximum atomic E-state index is 10.7. The van der Waals surface area contributed by atoms with Crippen LogP contribution in [0.3, 0.4) is 0 Å². The molecule has 1 rings (SSSR count). The van der Waals surface area contributed by atoms with Gasteiger partial charge in [-0.25, -0.2) is 4.98 Å². The van der Waals surface area contributed by atoms with Crippen LogP contribution in [0.25, 0.3) is 0 Å². The molecule has 0 fully saturated rings. The van der Waals surface area contributed by atoms with E-state index in [1.807, 2.05) is 0 Å². The van der Waals surface area contributed by atoms with Crippen LogP contribution >= 0.6 is 15.9 Å². The molecule has 0 atom stereocenters. The Bertz CT molecular complexity index is 239. The van der Waals surface area contributed by atoms with E-state index in [1.165, 1.54) is 12.4 Å². The number of alkyl halides is 1. The summed E-state index contributed by atoms with van der Waals surface area (Å²) in [5, 5.41) is 9.73. The first-order valence-electron chi connectivity index (χ1n) is 2.82. The molecule has 0 bridgehead atoms. The monoisotopic (exact) mass is 216 g/mol. The van der Waals surface area contributed by atoms with Gasteiger partial charge in [-0.1, -0.05) is 15.9 Å². The lowest BCUT2D eigenvalue weighted by molar-refractivity contribution is -0.113. The third-order valence-electron chi connectivity index (χ3n) is 0.855. The number of rotatable bonds is 2. The Morgan fingerprint density at radius 3 is 3.00 bits per heavy atom. The van der Waals surface area contributed by atoms with Gasteiger partial charge < -0.3 is 0 Å². The minimum Gasteiger partial charge on any atom is -0.292 e. The summed E-state index contributed by atoms with van der Waals surface area (Å²) in [6.45, 7) is 0. The number of amides is 1. The Labute approximate surface area is 71.4 Å². The van der Waals surface area contributed by atoms with Crippen LogP contribution in [0.5, 0.6) is 0 Å². The van der Waals surface area contributed by atoms with Crippen LogP contribution in [0.15, 0.2) is 12.4 Å². The lowest BCUT2D eigenvalue weighted by Gasteiger charge is -1.96. The fourth-order valence-electron chi connectivity index (χ4n) is 0.463. The minimum absolute atomic E-state index is 0.196. The Morgan fingerprint density at radius 1 is 1.64 bits per heavy atom. The van der Waals surface area contributed by atoms with E-state index in [-0.39, 0.29) is 17.2 Å². The van der Waals surface area contributed by atoms with E-state index in [1.54, 1.807) is 0 Å². The predicted molar refractivity (Wildman–Crippen MR) is 42.3 cm³/mol. The maximum absolute atomic E-state index is 10.7. The largest absolute Gasteiger partial charge is 0.292 e. The van der Waals surface area contributed by atoms with E-state index in [4.69, 9.17) is 0 Å². The second-order valence-corrected chi connectivity index (χ2v) is 2.21. The summed E-state index contributed by atoms with van der Waals surface area (Å²) < 4.78 is 0. The van der Waals surface area contributed by atoms with Crippen molar-refractivity contribution in [3.8, 4) is 0 Å². The normalized spacial score (nSPS) is 9.18. The van der Waals surface area contributed by atoms with Crippen molar-refractivity contribution in [1.82, 2.24) is 15.2 Å². The number of hydrogen-bond donors (Lipinski definition) is 1. The maximum Gasteiger partial charge on any atom is 0.249 e. The van der Waals surface area contributed by atoms with Crippen LogP contribution in [-0.4, -0.2) is 26.4 Å². The molecule has 0 aliphatic rings. The highest BCUT2D eigenvalue weighted by Gasteiger charge is 1.99. The Kier molecular flexibility index (Phi) is 2.91. The number of nitrogens with zero attached hydrogens (tertiary/aromatic N) is 3. The first-order valence-corrected chi connectivity index (χ1v) is 3.94. The predicted octanol–water partition coefficient (Wildman–Crippen LogP) is 0.205. The quantitative estimate of drug-likeness (QED) is 0.718. The highest BCUT2D eigenvalue weighted by Crippen LogP contribution is 1.92. The summed E-state index contributed by atoms with van der Waals surface area (Å²) in [5.41, 5.74) is 0. The van der Waals surface area contributed by atoms with Gasteiger partial charge in [-0.3, -0.25) is 10.1 Å². The van der Waals surface area contributed by atoms with Gasteiger partial charge in [0.1, 0.15) is 0 Å². The molecule has 0 unspecified atom stereocenters. The van der Waals surface area contributed by atoms with Crippen LogP contribution in [0.1, 0.15) is 0 Å². The van der Waals surface area contributed by atoms with Crippen molar-refractivity contribution >= 4 is 27.8 Å². The second-order valence-electron chi connectivity index (χ2n) is 1.65. The number of nitrogens with one attached hydrogen (secondary N) is 1. The Hall–Kier alpha value is -1.04. The molecule has 1 aromatic heterocycles. The van der Waals surface area contributed by atoms with Gasteiger partial charge in [0.25, 0.3) is 0 Å². The molecule has 1 N–H and O–H groups in total. The summed E-state index contributed by atoms with van der Waals surface area (Å²) in [6.07, 6.45) is 2.89. The van der Waals surface area contributed by atoms with Crippen LogP contribution < -0.4 is 5.32 Å². The Morgan fingerprint density at radius 2 is 2.45 bits per heavy atom. The molecule has 0 radical (unpaired) electrons. The summed E-state index contributed by atoms with van der Waals surface area (Å²) >= 11 is 2.98. The molecule has 0 aromatic carbocycles. The molecular weight excluding hydrogens is 212 g/mol. The molecule has 1 heterocycles. The zero-order valence-corrected chi connectivity index (χ0v) is 7.08. The van der Waals surface area contributed by atoms with Crippen LogP contribution in [-0.2, 0) is 4.79 Å². The van der Waals surface area contributed by atoms with E-state index in [0.29, 0.717) is 0 Å². The molecule has 0 aliphatic heterocycles. The molecule has 1 amide bonds. The van der Waals surface area contributed by atoms with Gasteiger partial charge in [0.15, 0.2) is 0 Å². The number of carbonyl (C=O) groups is 1. The van der Waals surface area contributed by atoms with E-state index < -0.39 is 0 Å². The summed E-state index contributed by atoms with van der Waals surface area (Å²) in [6, 6.07) is 0. The van der Waals surface area contributed by atoms with Crippen molar-refractivity contribution in [2.45, 2.75) is 0 Å². The smallest absolute Gasteiger partial charge is 0.249 e. The molecule has 1 aromatic rings. The highest BCUT2D eigenvalue weighted by molar-refractivity contribution is 9.09. The summed E-state index contributed by atoms with van der Waals surface area (Å²) in [7, 11) is 0. The minimum atomic E-state index is -0.196. The average Bonchev–Trinajstić information content (AvgIpc) is 2.06. The lowest BCUT2D eigenvalue weighted by Crippen LogP contribution is -2.14. The third kappa shape index (κ3) is 2.58. The fraction of sp³-hybridized carbons (Fsp3) is 0.200. The molecule has 11 heavy (non-hydrogen) atoms. The van der Waals surface area contributed by atoms with Gasteiger partial charge in [0, 0.05) is 0 Å². The lowest BCUT2D eigenvalue weighted by atomic mass is 10.7. The van der Waals surface area contributed by atoms with E-state index in [2.05, 4.69) is 36.4 Å². The zero-order chi connectivity index (χ0) is 8.10. The van der Waals surface area contributed by atoms with Gasteiger partial charge in [0.2, 0.25) is 11.9 Å². The number of halogens is 1. The van der Waals surface area contributed by atoms with Crippen molar-refractivity contribution < 1.29 is 4.79 Å². The topological polar surface area (TPSA) is 67.8 Å². The van der Waals surface area contributed by atoms with E-state index >= 15 is 0 Å². The SMILES string of the molecule is O=C(CBr)Nc1nccnn1. The second kappa shape index (κ2) is 3.97. The number of hydrogen-bond acceptors (Lipinski definition) is 4. The first kappa shape index (κ1) is 8.06. The molecule has 0 aliphatic carbocycles. The standard InChI is InChI=1S/C5H5BrN4O/c6-3-4(11)9-5-7-1-2-8-10-5/h1-2H,3H2,(H,7,9,10,11). The van der Waals surface area contributed by atoms with Crippen LogP contribution in [0, 0.1) is 0 Å². The van der Waals surface area contributed by atoms with Crippen LogP contribution in [0.4, 0.5) is 5.95 Å². The van der Waals surface area contributed by atoms with Crippen molar-refractivity contribution in [1.29, 1.82) is 0 Å². The van der Waals surface area contributed by atoms with E-state index in [9.17, 15) is 4.79 Å². The van der Waals surface area contributed by atoms with Crippen molar-refractivity contribution in [3.05, 3.63) is 12.4 Å². The van der Waals surface area contributed by atoms with Crippen LogP contribution in [0.2, 0.25) is 0 Å². The number of aromatic nitrogens is 3. The summed E-state index contributed by atoms with van der Waals surface area (Å²) in [4.78, 5) is 14.5. The average molecular weight is 217 g/mol. The zero-order valence-electron chi connectivity index (χ0n) is 5.49. The molecule has 58 valence electrons. The number of carbonyl (C=O) groups excluding carboxylic acids is 1. The van der Waals surface area contributed by atoms with Crippen molar-refractivity contribution in [2.75, 3.05) is 10.6 Å². The molecule has 0 spiro atoms. The fourth-order valence-corrected chi connectivity index (χ4v) is 0.603. The van der Waals surface area contributed by atoms with Gasteiger partial charge in [-0.15, -0.1) is 5.10 Å². The van der Waals surface area contributed by atoms with Gasteiger partial charge >= 0.3 is 0 Å². The van der Waals surface area contributed by atoms with E-state index in [0.717, 1.165) is 0 Å². The molecule has 5 nitrogen and oxygen atoms in total. The summed E-state index contributed by atoms with van der Waals surface area (Å²) in [5.74, 6) is 0.0231. The molecule has 0 saturated heterocycles. The Balaban J connectivity index is 2.58. The van der Waals surface area contributed by atoms with Gasteiger partial charge in [-0.05, 0) is 0 Å². The molecule has 6 heteroatoms. The van der Waals surface area contributed by atoms with Gasteiger partial charge in [0.05, 0.1) is 17.7 Å². The number of anilines is 1. The van der Waals surface area contributed by atoms with Gasteiger partial charge in [-0.2, -0.15) is 5.10 Å². The first-order chi connectivity index (χ1) is 5.33. The third-order valence-corrected chi connectivity index (χ3v) is 1.36. The molecule has 0 saturated carbocycles.